The normalized spacial score (nSPS) is 11.2. The summed E-state index contributed by atoms with van der Waals surface area (Å²) < 4.78 is 11.8. The Balaban J connectivity index is 2.51. The lowest BCUT2D eigenvalue weighted by molar-refractivity contribution is -0.110. The van der Waals surface area contributed by atoms with E-state index in [2.05, 4.69) is 4.98 Å². The van der Waals surface area contributed by atoms with Gasteiger partial charge in [-0.25, -0.2) is 4.98 Å². The molecule has 1 aromatic heterocycles. The zero-order valence-electron chi connectivity index (χ0n) is 9.79. The van der Waals surface area contributed by atoms with Crippen molar-refractivity contribution in [1.82, 2.24) is 9.55 Å². The fraction of sp³-hybridized carbons (Fsp3) is 0.333. The average molecular weight is 234 g/mol. The third-order valence-electron chi connectivity index (χ3n) is 2.61. The monoisotopic (exact) mass is 234 g/mol. The molecule has 2 rings (SSSR count). The number of hydrogen-bond acceptors (Lipinski definition) is 4. The molecule has 0 saturated heterocycles. The number of para-hydroxylation sites is 2. The predicted octanol–water partition coefficient (Wildman–Crippen LogP) is 1.02. The van der Waals surface area contributed by atoms with Crippen LogP contribution in [0.5, 0.6) is 0 Å². The summed E-state index contributed by atoms with van der Waals surface area (Å²) in [6, 6.07) is 7.47. The highest BCUT2D eigenvalue weighted by atomic mass is 16.7. The fourth-order valence-corrected chi connectivity index (χ4v) is 1.70. The van der Waals surface area contributed by atoms with E-state index in [0.29, 0.717) is 6.54 Å². The standard InChI is InChI=1S/C12H14N2O3/c1-16-12(17-2)8-14-10-6-4-3-5-9(10)13-7-11(14)15/h3-7,12H,8H2,1-2H3. The molecule has 0 aliphatic heterocycles. The van der Waals surface area contributed by atoms with Gasteiger partial charge >= 0.3 is 0 Å². The van der Waals surface area contributed by atoms with E-state index in [4.69, 9.17) is 9.47 Å². The number of hydrogen-bond donors (Lipinski definition) is 0. The van der Waals surface area contributed by atoms with Gasteiger partial charge in [-0.1, -0.05) is 12.1 Å². The summed E-state index contributed by atoms with van der Waals surface area (Å²) in [5, 5.41) is 0. The van der Waals surface area contributed by atoms with Crippen molar-refractivity contribution in [2.45, 2.75) is 12.8 Å². The molecule has 5 nitrogen and oxygen atoms in total. The quantitative estimate of drug-likeness (QED) is 0.741. The topological polar surface area (TPSA) is 53.4 Å². The average Bonchev–Trinajstić information content (AvgIpc) is 2.38. The first-order chi connectivity index (χ1) is 8.26. The highest BCUT2D eigenvalue weighted by Gasteiger charge is 2.10. The maximum absolute atomic E-state index is 11.8. The van der Waals surface area contributed by atoms with Crippen molar-refractivity contribution in [3.8, 4) is 0 Å². The third-order valence-corrected chi connectivity index (χ3v) is 2.61. The van der Waals surface area contributed by atoms with Gasteiger partial charge in [-0.05, 0) is 12.1 Å². The minimum atomic E-state index is -0.446. The van der Waals surface area contributed by atoms with Crippen molar-refractivity contribution in [3.63, 3.8) is 0 Å². The number of rotatable bonds is 4. The van der Waals surface area contributed by atoms with E-state index in [1.165, 1.54) is 6.20 Å². The van der Waals surface area contributed by atoms with Crippen molar-refractivity contribution in [3.05, 3.63) is 40.8 Å². The van der Waals surface area contributed by atoms with Crippen LogP contribution in [0.25, 0.3) is 11.0 Å². The van der Waals surface area contributed by atoms with E-state index in [9.17, 15) is 4.79 Å². The molecule has 1 heterocycles. The Hall–Kier alpha value is -1.72. The molecule has 0 aliphatic rings. The molecule has 2 aromatic rings. The SMILES string of the molecule is COC(Cn1c(=O)cnc2ccccc21)OC. The van der Waals surface area contributed by atoms with Gasteiger partial charge in [0.2, 0.25) is 0 Å². The Morgan fingerprint density at radius 2 is 2.00 bits per heavy atom. The highest BCUT2D eigenvalue weighted by molar-refractivity contribution is 5.74. The van der Waals surface area contributed by atoms with Gasteiger partial charge in [0.15, 0.2) is 6.29 Å². The molecule has 0 bridgehead atoms. The lowest BCUT2D eigenvalue weighted by Gasteiger charge is -2.16. The Labute approximate surface area is 98.6 Å². The summed E-state index contributed by atoms with van der Waals surface area (Å²) >= 11 is 0. The van der Waals surface area contributed by atoms with Gasteiger partial charge in [-0.2, -0.15) is 0 Å². The molecule has 17 heavy (non-hydrogen) atoms. The summed E-state index contributed by atoms with van der Waals surface area (Å²) in [6.07, 6.45) is 0.864. The van der Waals surface area contributed by atoms with Gasteiger partial charge in [0.1, 0.15) is 0 Å². The summed E-state index contributed by atoms with van der Waals surface area (Å²) in [5.74, 6) is 0. The fourth-order valence-electron chi connectivity index (χ4n) is 1.70. The number of methoxy groups -OCH3 is 2. The van der Waals surface area contributed by atoms with Crippen molar-refractivity contribution in [1.29, 1.82) is 0 Å². The Kier molecular flexibility index (Phi) is 3.51. The van der Waals surface area contributed by atoms with Crippen LogP contribution in [0.2, 0.25) is 0 Å². The van der Waals surface area contributed by atoms with Crippen LogP contribution in [-0.2, 0) is 16.0 Å². The molecule has 0 radical (unpaired) electrons. The smallest absolute Gasteiger partial charge is 0.269 e. The molecule has 0 spiro atoms. The first kappa shape index (κ1) is 11.8. The summed E-state index contributed by atoms with van der Waals surface area (Å²) in [6.45, 7) is 0.342. The molecule has 0 atom stereocenters. The lowest BCUT2D eigenvalue weighted by Crippen LogP contribution is -2.29. The molecule has 0 saturated carbocycles. The molecule has 0 fully saturated rings. The Morgan fingerprint density at radius 1 is 1.29 bits per heavy atom. The second-order valence-electron chi connectivity index (χ2n) is 3.60. The maximum Gasteiger partial charge on any atom is 0.269 e. The Morgan fingerprint density at radius 3 is 2.71 bits per heavy atom. The summed E-state index contributed by atoms with van der Waals surface area (Å²) in [4.78, 5) is 15.9. The summed E-state index contributed by atoms with van der Waals surface area (Å²) in [7, 11) is 3.09. The number of ether oxygens (including phenoxy) is 2. The van der Waals surface area contributed by atoms with Crippen LogP contribution in [-0.4, -0.2) is 30.1 Å². The molecule has 0 amide bonds. The van der Waals surface area contributed by atoms with E-state index in [1.54, 1.807) is 18.8 Å². The molecular formula is C12H14N2O3. The highest BCUT2D eigenvalue weighted by Crippen LogP contribution is 2.09. The van der Waals surface area contributed by atoms with Gasteiger partial charge in [0.25, 0.3) is 5.56 Å². The number of aromatic nitrogens is 2. The zero-order valence-corrected chi connectivity index (χ0v) is 9.79. The van der Waals surface area contributed by atoms with Crippen LogP contribution in [0.1, 0.15) is 0 Å². The molecule has 0 unspecified atom stereocenters. The molecule has 0 N–H and O–H groups in total. The predicted molar refractivity (Wildman–Crippen MR) is 63.8 cm³/mol. The van der Waals surface area contributed by atoms with Crippen LogP contribution >= 0.6 is 0 Å². The maximum atomic E-state index is 11.8. The van der Waals surface area contributed by atoms with E-state index >= 15 is 0 Å². The van der Waals surface area contributed by atoms with Crippen molar-refractivity contribution >= 4 is 11.0 Å². The van der Waals surface area contributed by atoms with Gasteiger partial charge in [-0.3, -0.25) is 4.79 Å². The van der Waals surface area contributed by atoms with Gasteiger partial charge in [0.05, 0.1) is 23.8 Å². The third kappa shape index (κ3) is 2.35. The van der Waals surface area contributed by atoms with E-state index in [0.717, 1.165) is 11.0 Å². The molecule has 1 aromatic carbocycles. The van der Waals surface area contributed by atoms with Gasteiger partial charge < -0.3 is 14.0 Å². The van der Waals surface area contributed by atoms with E-state index in [1.807, 2.05) is 24.3 Å². The first-order valence-electron chi connectivity index (χ1n) is 5.26. The largest absolute Gasteiger partial charge is 0.354 e. The van der Waals surface area contributed by atoms with E-state index < -0.39 is 6.29 Å². The van der Waals surface area contributed by atoms with Crippen molar-refractivity contribution in [2.24, 2.45) is 0 Å². The molecule has 90 valence electrons. The van der Waals surface area contributed by atoms with Crippen LogP contribution in [0.4, 0.5) is 0 Å². The van der Waals surface area contributed by atoms with Gasteiger partial charge in [0, 0.05) is 14.2 Å². The zero-order chi connectivity index (χ0) is 12.3. The molecule has 0 aliphatic carbocycles. The lowest BCUT2D eigenvalue weighted by atomic mass is 10.3. The van der Waals surface area contributed by atoms with E-state index in [-0.39, 0.29) is 5.56 Å². The minimum Gasteiger partial charge on any atom is -0.354 e. The minimum absolute atomic E-state index is 0.164. The first-order valence-corrected chi connectivity index (χ1v) is 5.26. The second kappa shape index (κ2) is 5.07. The number of benzene rings is 1. The van der Waals surface area contributed by atoms with Crippen LogP contribution in [0, 0.1) is 0 Å². The van der Waals surface area contributed by atoms with Crippen LogP contribution in [0.3, 0.4) is 0 Å². The number of nitrogens with zero attached hydrogens (tertiary/aromatic N) is 2. The number of fused-ring (bicyclic) bond motifs is 1. The van der Waals surface area contributed by atoms with Crippen LogP contribution in [0.15, 0.2) is 35.3 Å². The van der Waals surface area contributed by atoms with Crippen molar-refractivity contribution < 1.29 is 9.47 Å². The summed E-state index contributed by atoms with van der Waals surface area (Å²) in [5.41, 5.74) is 1.39. The van der Waals surface area contributed by atoms with Crippen LogP contribution < -0.4 is 5.56 Å². The molecule has 5 heteroatoms. The Bertz CT molecular complexity index is 561. The van der Waals surface area contributed by atoms with Gasteiger partial charge in [-0.15, -0.1) is 0 Å². The second-order valence-corrected chi connectivity index (χ2v) is 3.60. The van der Waals surface area contributed by atoms with Crippen molar-refractivity contribution in [2.75, 3.05) is 14.2 Å². The molecular weight excluding hydrogens is 220 g/mol.